The average molecular weight is 415 g/mol. The lowest BCUT2D eigenvalue weighted by Gasteiger charge is -2.31. The number of halogens is 1. The number of aryl methyl sites for hydroxylation is 1. The third kappa shape index (κ3) is 7.21. The number of amides is 2. The van der Waals surface area contributed by atoms with Crippen LogP contribution in [0.1, 0.15) is 43.9 Å². The normalized spacial score (nSPS) is 11.9. The number of nitrogens with zero attached hydrogens (tertiary/aromatic N) is 1. The van der Waals surface area contributed by atoms with Gasteiger partial charge in [0, 0.05) is 18.1 Å². The number of nitrogens with one attached hydrogen (secondary N) is 1. The molecule has 0 aliphatic heterocycles. The Morgan fingerprint density at radius 1 is 1.07 bits per heavy atom. The van der Waals surface area contributed by atoms with Crippen LogP contribution >= 0.6 is 11.6 Å². The van der Waals surface area contributed by atoms with Gasteiger partial charge in [-0.2, -0.15) is 0 Å². The first-order valence-corrected chi connectivity index (χ1v) is 10.5. The summed E-state index contributed by atoms with van der Waals surface area (Å²) >= 11 is 5.96. The fourth-order valence-electron chi connectivity index (χ4n) is 3.23. The van der Waals surface area contributed by atoms with E-state index in [1.165, 1.54) is 0 Å². The van der Waals surface area contributed by atoms with E-state index in [-0.39, 0.29) is 18.2 Å². The molecule has 0 spiro atoms. The van der Waals surface area contributed by atoms with Crippen LogP contribution in [0.25, 0.3) is 0 Å². The number of rotatable bonds is 9. The summed E-state index contributed by atoms with van der Waals surface area (Å²) in [6.07, 6.45) is 0.791. The first-order chi connectivity index (χ1) is 13.8. The molecule has 0 radical (unpaired) electrons. The number of hydrogen-bond acceptors (Lipinski definition) is 2. The number of carbonyl (C=O) groups is 2. The maximum atomic E-state index is 13.2. The van der Waals surface area contributed by atoms with Gasteiger partial charge in [0.25, 0.3) is 0 Å². The van der Waals surface area contributed by atoms with Crippen molar-refractivity contribution in [3.8, 4) is 0 Å². The average Bonchev–Trinajstić information content (AvgIpc) is 2.68. The van der Waals surface area contributed by atoms with Gasteiger partial charge < -0.3 is 10.2 Å². The van der Waals surface area contributed by atoms with Gasteiger partial charge in [-0.1, -0.05) is 74.3 Å². The van der Waals surface area contributed by atoms with Crippen molar-refractivity contribution >= 4 is 23.4 Å². The number of hydrogen-bond donors (Lipinski definition) is 1. The molecule has 0 aromatic heterocycles. The lowest BCUT2D eigenvalue weighted by atomic mass is 10.1. The van der Waals surface area contributed by atoms with Crippen molar-refractivity contribution in [2.75, 3.05) is 6.54 Å². The lowest BCUT2D eigenvalue weighted by molar-refractivity contribution is -0.141. The molecule has 1 N–H and O–H groups in total. The summed E-state index contributed by atoms with van der Waals surface area (Å²) in [6, 6.07) is 14.8. The van der Waals surface area contributed by atoms with Crippen molar-refractivity contribution in [3.63, 3.8) is 0 Å². The first-order valence-electron chi connectivity index (χ1n) is 10.2. The van der Waals surface area contributed by atoms with Crippen molar-refractivity contribution < 1.29 is 9.59 Å². The van der Waals surface area contributed by atoms with Crippen LogP contribution in [-0.2, 0) is 22.6 Å². The summed E-state index contributed by atoms with van der Waals surface area (Å²) in [7, 11) is 0. The maximum Gasteiger partial charge on any atom is 0.242 e. The second-order valence-corrected chi connectivity index (χ2v) is 8.31. The van der Waals surface area contributed by atoms with Gasteiger partial charge in [-0.3, -0.25) is 9.59 Å². The third-order valence-corrected chi connectivity index (χ3v) is 5.03. The van der Waals surface area contributed by atoms with Crippen molar-refractivity contribution in [1.29, 1.82) is 0 Å². The highest BCUT2D eigenvalue weighted by atomic mass is 35.5. The fraction of sp³-hybridized carbons (Fsp3) is 0.417. The van der Waals surface area contributed by atoms with E-state index in [0.29, 0.717) is 30.5 Å². The molecule has 4 nitrogen and oxygen atoms in total. The molecule has 0 fully saturated rings. The minimum atomic E-state index is -0.505. The highest BCUT2D eigenvalue weighted by Gasteiger charge is 2.28. The summed E-state index contributed by atoms with van der Waals surface area (Å²) in [5.41, 5.74) is 3.03. The number of carbonyl (C=O) groups excluding carboxylic acids is 2. The smallest absolute Gasteiger partial charge is 0.242 e. The van der Waals surface area contributed by atoms with E-state index in [1.807, 2.05) is 44.2 Å². The SMILES string of the molecule is CC[C@H](C(=O)NCC(C)C)N(Cc1cccc(C)c1)C(=O)Cc1ccc(Cl)cc1. The van der Waals surface area contributed by atoms with E-state index >= 15 is 0 Å². The van der Waals surface area contributed by atoms with Crippen LogP contribution in [-0.4, -0.2) is 29.3 Å². The molecule has 2 aromatic rings. The van der Waals surface area contributed by atoms with E-state index in [4.69, 9.17) is 11.6 Å². The summed E-state index contributed by atoms with van der Waals surface area (Å²) in [5.74, 6) is 0.185. The fourth-order valence-corrected chi connectivity index (χ4v) is 3.35. The molecule has 29 heavy (non-hydrogen) atoms. The largest absolute Gasteiger partial charge is 0.354 e. The van der Waals surface area contributed by atoms with Gasteiger partial charge in [0.1, 0.15) is 6.04 Å². The molecule has 5 heteroatoms. The number of benzene rings is 2. The van der Waals surface area contributed by atoms with E-state index in [2.05, 4.69) is 25.2 Å². The van der Waals surface area contributed by atoms with E-state index in [1.54, 1.807) is 17.0 Å². The quantitative estimate of drug-likeness (QED) is 0.642. The lowest BCUT2D eigenvalue weighted by Crippen LogP contribution is -2.50. The predicted octanol–water partition coefficient (Wildman–Crippen LogP) is 4.77. The molecular formula is C24H31ClN2O2. The summed E-state index contributed by atoms with van der Waals surface area (Å²) in [6.45, 7) is 9.07. The molecule has 156 valence electrons. The van der Waals surface area contributed by atoms with Gasteiger partial charge in [-0.15, -0.1) is 0 Å². The Bertz CT molecular complexity index is 818. The highest BCUT2D eigenvalue weighted by Crippen LogP contribution is 2.17. The van der Waals surface area contributed by atoms with Crippen molar-refractivity contribution in [2.45, 2.75) is 53.1 Å². The van der Waals surface area contributed by atoms with E-state index in [0.717, 1.165) is 16.7 Å². The molecular weight excluding hydrogens is 384 g/mol. The summed E-state index contributed by atoms with van der Waals surface area (Å²) in [5, 5.41) is 3.62. The maximum absolute atomic E-state index is 13.2. The molecule has 0 aliphatic rings. The Balaban J connectivity index is 2.25. The molecule has 2 rings (SSSR count). The second kappa shape index (κ2) is 11.0. The van der Waals surface area contributed by atoms with E-state index < -0.39 is 6.04 Å². The highest BCUT2D eigenvalue weighted by molar-refractivity contribution is 6.30. The molecule has 2 aromatic carbocycles. The molecule has 2 amide bonds. The molecule has 0 bridgehead atoms. The van der Waals surface area contributed by atoms with Crippen LogP contribution < -0.4 is 5.32 Å². The van der Waals surface area contributed by atoms with Gasteiger partial charge in [-0.25, -0.2) is 0 Å². The van der Waals surface area contributed by atoms with Crippen molar-refractivity contribution in [1.82, 2.24) is 10.2 Å². The monoisotopic (exact) mass is 414 g/mol. The minimum absolute atomic E-state index is 0.0691. The predicted molar refractivity (Wildman–Crippen MR) is 119 cm³/mol. The van der Waals surface area contributed by atoms with Crippen LogP contribution in [0.15, 0.2) is 48.5 Å². The van der Waals surface area contributed by atoms with Crippen LogP contribution in [0.3, 0.4) is 0 Å². The Morgan fingerprint density at radius 2 is 1.76 bits per heavy atom. The Kier molecular flexibility index (Phi) is 8.71. The zero-order chi connectivity index (χ0) is 21.4. The molecule has 0 unspecified atom stereocenters. The van der Waals surface area contributed by atoms with Crippen LogP contribution in [0.2, 0.25) is 5.02 Å². The van der Waals surface area contributed by atoms with Gasteiger partial charge in [0.05, 0.1) is 6.42 Å². The third-order valence-electron chi connectivity index (χ3n) is 4.77. The first kappa shape index (κ1) is 23.0. The topological polar surface area (TPSA) is 49.4 Å². The minimum Gasteiger partial charge on any atom is -0.354 e. The molecule has 1 atom stereocenters. The van der Waals surface area contributed by atoms with Gasteiger partial charge >= 0.3 is 0 Å². The van der Waals surface area contributed by atoms with Gasteiger partial charge in [0.15, 0.2) is 0 Å². The van der Waals surface area contributed by atoms with Crippen molar-refractivity contribution in [2.24, 2.45) is 5.92 Å². The van der Waals surface area contributed by atoms with E-state index in [9.17, 15) is 9.59 Å². The molecule has 0 aliphatic carbocycles. The molecule has 0 heterocycles. The summed E-state index contributed by atoms with van der Waals surface area (Å²) in [4.78, 5) is 27.8. The molecule has 0 saturated heterocycles. The Hall–Kier alpha value is -2.33. The van der Waals surface area contributed by atoms with Gasteiger partial charge in [0.2, 0.25) is 11.8 Å². The molecule has 0 saturated carbocycles. The summed E-state index contributed by atoms with van der Waals surface area (Å²) < 4.78 is 0. The Labute approximate surface area is 179 Å². The zero-order valence-electron chi connectivity index (χ0n) is 17.7. The zero-order valence-corrected chi connectivity index (χ0v) is 18.5. The van der Waals surface area contributed by atoms with Crippen molar-refractivity contribution in [3.05, 3.63) is 70.2 Å². The second-order valence-electron chi connectivity index (χ2n) is 7.88. The standard InChI is InChI=1S/C24H31ClN2O2/c1-5-22(24(29)26-15-17(2)3)27(16-20-8-6-7-18(4)13-20)23(28)14-19-9-11-21(25)12-10-19/h6-13,17,22H,5,14-16H2,1-4H3,(H,26,29)/t22-/m1/s1. The van der Waals surface area contributed by atoms with Gasteiger partial charge in [-0.05, 0) is 42.5 Å². The van der Waals surface area contributed by atoms with Crippen LogP contribution in [0, 0.1) is 12.8 Å². The van der Waals surface area contributed by atoms with Crippen LogP contribution in [0.4, 0.5) is 0 Å². The van der Waals surface area contributed by atoms with Crippen LogP contribution in [0.5, 0.6) is 0 Å². The Morgan fingerprint density at radius 3 is 2.34 bits per heavy atom.